The van der Waals surface area contributed by atoms with Gasteiger partial charge in [-0.3, -0.25) is 0 Å². The second kappa shape index (κ2) is 9.01. The lowest BCUT2D eigenvalue weighted by atomic mass is 10.0. The Balaban J connectivity index is 1.98. The molecule has 0 amide bonds. The number of aliphatic imine (C=N–C) groups is 1. The van der Waals surface area contributed by atoms with Gasteiger partial charge in [-0.15, -0.1) is 16.8 Å². The van der Waals surface area contributed by atoms with E-state index < -0.39 is 0 Å². The molecule has 1 aromatic carbocycles. The zero-order chi connectivity index (χ0) is 18.2. The van der Waals surface area contributed by atoms with Crippen molar-refractivity contribution in [1.29, 1.82) is 0 Å². The highest BCUT2D eigenvalue weighted by Crippen LogP contribution is 2.13. The first-order valence-electron chi connectivity index (χ1n) is 8.56. The predicted octanol–water partition coefficient (Wildman–Crippen LogP) is 2.20. The normalized spacial score (nSPS) is 11.4. The van der Waals surface area contributed by atoms with Crippen molar-refractivity contribution < 1.29 is 0 Å². The summed E-state index contributed by atoms with van der Waals surface area (Å²) in [7, 11) is 1.95. The molecule has 6 heteroatoms. The quantitative estimate of drug-likeness (QED) is 0.461. The molecule has 0 radical (unpaired) electrons. The maximum atomic E-state index is 4.61. The van der Waals surface area contributed by atoms with Gasteiger partial charge in [-0.1, -0.05) is 24.3 Å². The first-order valence-corrected chi connectivity index (χ1v) is 8.56. The minimum Gasteiger partial charge on any atom is -0.356 e. The highest BCUT2D eigenvalue weighted by atomic mass is 15.3. The lowest BCUT2D eigenvalue weighted by Gasteiger charge is -2.13. The number of nitrogens with zero attached hydrogens (tertiary/aromatic N) is 4. The van der Waals surface area contributed by atoms with Crippen LogP contribution in [-0.4, -0.2) is 33.8 Å². The standard InChI is InChI=1S/C19H28N6/c1-6-11-20-19(22-13-18-24-23-16(4)25(18)5)21-12-10-17-14(2)8-7-9-15(17)3/h6-9H,1,10-13H2,2-5H3,(H2,20,21,22). The molecule has 0 atom stereocenters. The average molecular weight is 340 g/mol. The van der Waals surface area contributed by atoms with Gasteiger partial charge in [0.1, 0.15) is 12.4 Å². The van der Waals surface area contributed by atoms with Crippen LogP contribution in [0.2, 0.25) is 0 Å². The van der Waals surface area contributed by atoms with Crippen LogP contribution >= 0.6 is 0 Å². The molecule has 0 fully saturated rings. The van der Waals surface area contributed by atoms with Gasteiger partial charge in [-0.2, -0.15) is 0 Å². The van der Waals surface area contributed by atoms with Crippen LogP contribution in [0.4, 0.5) is 0 Å². The summed E-state index contributed by atoms with van der Waals surface area (Å²) in [5.74, 6) is 2.48. The maximum absolute atomic E-state index is 4.61. The van der Waals surface area contributed by atoms with Crippen LogP contribution in [-0.2, 0) is 20.0 Å². The molecule has 0 saturated heterocycles. The summed E-state index contributed by atoms with van der Waals surface area (Å²) in [5, 5.41) is 14.8. The molecule has 0 aliphatic heterocycles. The number of aromatic nitrogens is 3. The Labute approximate surface area is 150 Å². The molecule has 1 heterocycles. The predicted molar refractivity (Wildman–Crippen MR) is 103 cm³/mol. The third-order valence-corrected chi connectivity index (χ3v) is 4.29. The number of benzene rings is 1. The SMILES string of the molecule is C=CCNC(=NCc1nnc(C)n1C)NCCc1c(C)cccc1C. The first kappa shape index (κ1) is 18.7. The van der Waals surface area contributed by atoms with Crippen molar-refractivity contribution in [2.24, 2.45) is 12.0 Å². The van der Waals surface area contributed by atoms with Gasteiger partial charge in [0, 0.05) is 20.1 Å². The van der Waals surface area contributed by atoms with Crippen LogP contribution < -0.4 is 10.6 Å². The summed E-state index contributed by atoms with van der Waals surface area (Å²) in [6.07, 6.45) is 2.77. The van der Waals surface area contributed by atoms with Gasteiger partial charge in [0.05, 0.1) is 0 Å². The van der Waals surface area contributed by atoms with Crippen LogP contribution in [0, 0.1) is 20.8 Å². The lowest BCUT2D eigenvalue weighted by molar-refractivity contribution is 0.756. The molecular weight excluding hydrogens is 312 g/mol. The van der Waals surface area contributed by atoms with Gasteiger partial charge in [0.25, 0.3) is 0 Å². The van der Waals surface area contributed by atoms with E-state index in [1.165, 1.54) is 16.7 Å². The Morgan fingerprint density at radius 3 is 2.52 bits per heavy atom. The molecule has 25 heavy (non-hydrogen) atoms. The maximum Gasteiger partial charge on any atom is 0.191 e. The number of guanidine groups is 1. The van der Waals surface area contributed by atoms with Crippen molar-refractivity contribution in [1.82, 2.24) is 25.4 Å². The fraction of sp³-hybridized carbons (Fsp3) is 0.421. The summed E-state index contributed by atoms with van der Waals surface area (Å²) >= 11 is 0. The van der Waals surface area contributed by atoms with Crippen molar-refractivity contribution >= 4 is 5.96 Å². The highest BCUT2D eigenvalue weighted by molar-refractivity contribution is 5.79. The smallest absolute Gasteiger partial charge is 0.191 e. The van der Waals surface area contributed by atoms with Crippen molar-refractivity contribution in [2.75, 3.05) is 13.1 Å². The van der Waals surface area contributed by atoms with Crippen LogP contribution in [0.5, 0.6) is 0 Å². The second-order valence-corrected chi connectivity index (χ2v) is 6.10. The average Bonchev–Trinajstić information content (AvgIpc) is 2.91. The number of hydrogen-bond acceptors (Lipinski definition) is 3. The number of rotatable bonds is 7. The lowest BCUT2D eigenvalue weighted by Crippen LogP contribution is -2.38. The molecule has 6 nitrogen and oxygen atoms in total. The molecule has 134 valence electrons. The second-order valence-electron chi connectivity index (χ2n) is 6.10. The molecule has 2 N–H and O–H groups in total. The zero-order valence-electron chi connectivity index (χ0n) is 15.6. The summed E-state index contributed by atoms with van der Waals surface area (Å²) in [4.78, 5) is 4.61. The van der Waals surface area contributed by atoms with Crippen molar-refractivity contribution in [3.05, 3.63) is 59.2 Å². The van der Waals surface area contributed by atoms with E-state index in [0.717, 1.165) is 30.6 Å². The van der Waals surface area contributed by atoms with E-state index in [2.05, 4.69) is 64.4 Å². The van der Waals surface area contributed by atoms with Gasteiger partial charge >= 0.3 is 0 Å². The Hall–Kier alpha value is -2.63. The Morgan fingerprint density at radius 1 is 1.20 bits per heavy atom. The largest absolute Gasteiger partial charge is 0.356 e. The van der Waals surface area contributed by atoms with E-state index in [1.807, 2.05) is 24.6 Å². The Kier molecular flexibility index (Phi) is 6.74. The van der Waals surface area contributed by atoms with Crippen LogP contribution in [0.15, 0.2) is 35.8 Å². The minimum atomic E-state index is 0.479. The highest BCUT2D eigenvalue weighted by Gasteiger charge is 2.06. The van der Waals surface area contributed by atoms with Crippen LogP contribution in [0.1, 0.15) is 28.3 Å². The van der Waals surface area contributed by atoms with Crippen molar-refractivity contribution in [2.45, 2.75) is 33.7 Å². The van der Waals surface area contributed by atoms with Gasteiger partial charge in [0.15, 0.2) is 11.8 Å². The van der Waals surface area contributed by atoms with E-state index in [9.17, 15) is 0 Å². The van der Waals surface area contributed by atoms with Crippen LogP contribution in [0.25, 0.3) is 0 Å². The van der Waals surface area contributed by atoms with Crippen molar-refractivity contribution in [3.8, 4) is 0 Å². The molecule has 0 aliphatic rings. The van der Waals surface area contributed by atoms with Crippen molar-refractivity contribution in [3.63, 3.8) is 0 Å². The third kappa shape index (κ3) is 5.17. The molecule has 1 aromatic heterocycles. The Morgan fingerprint density at radius 2 is 1.92 bits per heavy atom. The fourth-order valence-corrected chi connectivity index (χ4v) is 2.63. The van der Waals surface area contributed by atoms with E-state index in [0.29, 0.717) is 13.1 Å². The summed E-state index contributed by atoms with van der Waals surface area (Å²) in [6, 6.07) is 6.41. The van der Waals surface area contributed by atoms with E-state index in [4.69, 9.17) is 0 Å². The van der Waals surface area contributed by atoms with Gasteiger partial charge in [-0.05, 0) is 43.9 Å². The molecule has 0 saturated carbocycles. The molecule has 2 rings (SSSR count). The molecule has 0 aliphatic carbocycles. The van der Waals surface area contributed by atoms with E-state index in [-0.39, 0.29) is 0 Å². The summed E-state index contributed by atoms with van der Waals surface area (Å²) < 4.78 is 1.95. The number of hydrogen-bond donors (Lipinski definition) is 2. The first-order chi connectivity index (χ1) is 12.0. The summed E-state index contributed by atoms with van der Waals surface area (Å²) in [5.41, 5.74) is 4.05. The fourth-order valence-electron chi connectivity index (χ4n) is 2.63. The summed E-state index contributed by atoms with van der Waals surface area (Å²) in [6.45, 7) is 11.9. The molecule has 0 spiro atoms. The van der Waals surface area contributed by atoms with E-state index >= 15 is 0 Å². The topological polar surface area (TPSA) is 67.1 Å². The molecule has 2 aromatic rings. The molecule has 0 bridgehead atoms. The minimum absolute atomic E-state index is 0.479. The molecular formula is C19H28N6. The van der Waals surface area contributed by atoms with Gasteiger partial charge in [-0.25, -0.2) is 4.99 Å². The monoisotopic (exact) mass is 340 g/mol. The van der Waals surface area contributed by atoms with Crippen LogP contribution in [0.3, 0.4) is 0 Å². The van der Waals surface area contributed by atoms with Gasteiger partial charge < -0.3 is 15.2 Å². The molecule has 0 unspecified atom stereocenters. The third-order valence-electron chi connectivity index (χ3n) is 4.29. The van der Waals surface area contributed by atoms with Gasteiger partial charge in [0.2, 0.25) is 0 Å². The number of aryl methyl sites for hydroxylation is 3. The Bertz CT molecular complexity index is 724. The zero-order valence-corrected chi connectivity index (χ0v) is 15.6. The number of nitrogens with one attached hydrogen (secondary N) is 2. The van der Waals surface area contributed by atoms with E-state index in [1.54, 1.807) is 0 Å².